The minimum atomic E-state index is -0.157. The van der Waals surface area contributed by atoms with Gasteiger partial charge in [0.2, 0.25) is 0 Å². The van der Waals surface area contributed by atoms with Gasteiger partial charge < -0.3 is 20.0 Å². The van der Waals surface area contributed by atoms with Crippen molar-refractivity contribution in [3.05, 3.63) is 64.1 Å². The van der Waals surface area contributed by atoms with E-state index < -0.39 is 0 Å². The van der Waals surface area contributed by atoms with E-state index in [2.05, 4.69) is 15.0 Å². The molecule has 4 aromatic rings. The van der Waals surface area contributed by atoms with Crippen molar-refractivity contribution in [2.45, 2.75) is 19.6 Å². The van der Waals surface area contributed by atoms with Gasteiger partial charge in [0.05, 0.1) is 11.0 Å². The van der Waals surface area contributed by atoms with Crippen LogP contribution in [0.1, 0.15) is 27.4 Å². The molecule has 136 valence electrons. The number of hydrogen-bond acceptors (Lipinski definition) is 3. The molecule has 3 heterocycles. The summed E-state index contributed by atoms with van der Waals surface area (Å²) in [7, 11) is 0. The zero-order chi connectivity index (χ0) is 18.5. The molecule has 1 aliphatic heterocycles. The first-order valence-corrected chi connectivity index (χ1v) is 9.18. The molecule has 0 atom stereocenters. The first kappa shape index (κ1) is 16.4. The molecule has 0 fully saturated rings. The van der Waals surface area contributed by atoms with Crippen LogP contribution in [-0.4, -0.2) is 37.4 Å². The lowest BCUT2D eigenvalue weighted by molar-refractivity contribution is 0.0735. The standard InChI is InChI=1S/C20H17ClN4O2/c21-12-2-4-15-13(8-12)14-9-25(6-5-16(14)22-15)20(27)11-1-3-17-18(7-11)24-19(10-26)23-17/h1-4,7-8,22,26H,5-6,9-10H2,(H,23,24). The lowest BCUT2D eigenvalue weighted by Gasteiger charge is -2.27. The summed E-state index contributed by atoms with van der Waals surface area (Å²) in [4.78, 5) is 25.7. The quantitative estimate of drug-likeness (QED) is 0.498. The van der Waals surface area contributed by atoms with Crippen LogP contribution in [0.4, 0.5) is 0 Å². The normalized spacial score (nSPS) is 14.1. The maximum absolute atomic E-state index is 13.1. The highest BCUT2D eigenvalue weighted by molar-refractivity contribution is 6.31. The second kappa shape index (κ2) is 6.11. The van der Waals surface area contributed by atoms with Crippen molar-refractivity contribution >= 4 is 39.4 Å². The van der Waals surface area contributed by atoms with Crippen molar-refractivity contribution in [1.82, 2.24) is 19.9 Å². The highest BCUT2D eigenvalue weighted by Gasteiger charge is 2.25. The molecule has 0 spiro atoms. The summed E-state index contributed by atoms with van der Waals surface area (Å²) in [5.74, 6) is 0.479. The molecular weight excluding hydrogens is 364 g/mol. The SMILES string of the molecule is O=C(c1ccc2nc(CO)[nH]c2c1)N1CCc2[nH]c3ccc(Cl)cc3c2C1. The van der Waals surface area contributed by atoms with Gasteiger partial charge in [0, 0.05) is 52.3 Å². The summed E-state index contributed by atoms with van der Waals surface area (Å²) >= 11 is 6.16. The van der Waals surface area contributed by atoms with Gasteiger partial charge in [-0.25, -0.2) is 4.98 Å². The maximum atomic E-state index is 13.1. The van der Waals surface area contributed by atoms with Gasteiger partial charge in [0.25, 0.3) is 5.91 Å². The minimum absolute atomic E-state index is 0.0147. The molecule has 27 heavy (non-hydrogen) atoms. The molecule has 7 heteroatoms. The number of aromatic amines is 2. The van der Waals surface area contributed by atoms with E-state index in [-0.39, 0.29) is 12.5 Å². The fourth-order valence-electron chi connectivity index (χ4n) is 3.81. The lowest BCUT2D eigenvalue weighted by Crippen LogP contribution is -2.35. The number of fused-ring (bicyclic) bond motifs is 4. The van der Waals surface area contributed by atoms with Crippen LogP contribution in [0.5, 0.6) is 0 Å². The Balaban J connectivity index is 1.48. The lowest BCUT2D eigenvalue weighted by atomic mass is 10.0. The van der Waals surface area contributed by atoms with E-state index in [1.165, 1.54) is 5.69 Å². The van der Waals surface area contributed by atoms with Crippen molar-refractivity contribution in [3.63, 3.8) is 0 Å². The summed E-state index contributed by atoms with van der Waals surface area (Å²) in [6, 6.07) is 11.2. The number of aliphatic hydroxyl groups is 1. The number of aromatic nitrogens is 3. The molecule has 2 aromatic carbocycles. The van der Waals surface area contributed by atoms with Gasteiger partial charge in [0.1, 0.15) is 12.4 Å². The molecule has 1 amide bonds. The Morgan fingerprint density at radius 2 is 2.07 bits per heavy atom. The third kappa shape index (κ3) is 2.69. The number of benzene rings is 2. The smallest absolute Gasteiger partial charge is 0.254 e. The van der Waals surface area contributed by atoms with Crippen molar-refractivity contribution in [3.8, 4) is 0 Å². The Labute approximate surface area is 159 Å². The second-order valence-electron chi connectivity index (χ2n) is 6.82. The molecule has 0 unspecified atom stereocenters. The average molecular weight is 381 g/mol. The number of amides is 1. The Bertz CT molecular complexity index is 1190. The average Bonchev–Trinajstić information content (AvgIpc) is 3.26. The van der Waals surface area contributed by atoms with Crippen molar-refractivity contribution < 1.29 is 9.90 Å². The molecule has 0 radical (unpaired) electrons. The van der Waals surface area contributed by atoms with Crippen molar-refractivity contribution in [2.24, 2.45) is 0 Å². The Morgan fingerprint density at radius 1 is 1.19 bits per heavy atom. The molecular formula is C20H17ClN4O2. The van der Waals surface area contributed by atoms with Crippen LogP contribution in [0, 0.1) is 0 Å². The summed E-state index contributed by atoms with van der Waals surface area (Å²) in [5, 5.41) is 11.0. The molecule has 0 saturated carbocycles. The van der Waals surface area contributed by atoms with Gasteiger partial charge in [-0.2, -0.15) is 0 Å². The molecule has 0 aliphatic carbocycles. The molecule has 1 aliphatic rings. The molecule has 3 N–H and O–H groups in total. The number of nitrogens with one attached hydrogen (secondary N) is 2. The van der Waals surface area contributed by atoms with E-state index in [0.717, 1.165) is 33.9 Å². The van der Waals surface area contributed by atoms with Crippen LogP contribution in [0.3, 0.4) is 0 Å². The fourth-order valence-corrected chi connectivity index (χ4v) is 3.98. The summed E-state index contributed by atoms with van der Waals surface area (Å²) < 4.78 is 0. The van der Waals surface area contributed by atoms with E-state index in [1.807, 2.05) is 23.1 Å². The van der Waals surface area contributed by atoms with E-state index in [0.29, 0.717) is 29.5 Å². The number of rotatable bonds is 2. The van der Waals surface area contributed by atoms with Crippen molar-refractivity contribution in [2.75, 3.05) is 6.54 Å². The number of carbonyl (C=O) groups excluding carboxylic acids is 1. The predicted octanol–water partition coefficient (Wildman–Crippen LogP) is 3.39. The number of hydrogen-bond donors (Lipinski definition) is 3. The van der Waals surface area contributed by atoms with Gasteiger partial charge in [-0.3, -0.25) is 4.79 Å². The van der Waals surface area contributed by atoms with Crippen LogP contribution in [0.25, 0.3) is 21.9 Å². The van der Waals surface area contributed by atoms with Gasteiger partial charge in [-0.05, 0) is 36.4 Å². The highest BCUT2D eigenvalue weighted by Crippen LogP contribution is 2.30. The monoisotopic (exact) mass is 380 g/mol. The van der Waals surface area contributed by atoms with Gasteiger partial charge in [-0.1, -0.05) is 11.6 Å². The Hall–Kier alpha value is -2.83. The van der Waals surface area contributed by atoms with Crippen LogP contribution < -0.4 is 0 Å². The summed E-state index contributed by atoms with van der Waals surface area (Å²) in [6.07, 6.45) is 0.786. The van der Waals surface area contributed by atoms with E-state index >= 15 is 0 Å². The number of imidazole rings is 1. The second-order valence-corrected chi connectivity index (χ2v) is 7.26. The Kier molecular flexibility index (Phi) is 3.70. The summed E-state index contributed by atoms with van der Waals surface area (Å²) in [6.45, 7) is 1.06. The third-order valence-corrected chi connectivity index (χ3v) is 5.39. The van der Waals surface area contributed by atoms with Gasteiger partial charge in [0.15, 0.2) is 0 Å². The van der Waals surface area contributed by atoms with Crippen LogP contribution in [0.2, 0.25) is 5.02 Å². The number of halogens is 1. The molecule has 0 bridgehead atoms. The number of carbonyl (C=O) groups is 1. The Morgan fingerprint density at radius 3 is 2.93 bits per heavy atom. The van der Waals surface area contributed by atoms with Gasteiger partial charge >= 0.3 is 0 Å². The number of H-pyrrole nitrogens is 2. The predicted molar refractivity (Wildman–Crippen MR) is 104 cm³/mol. The first-order valence-electron chi connectivity index (χ1n) is 8.80. The van der Waals surface area contributed by atoms with E-state index in [9.17, 15) is 9.90 Å². The molecule has 6 nitrogen and oxygen atoms in total. The van der Waals surface area contributed by atoms with E-state index in [4.69, 9.17) is 11.6 Å². The highest BCUT2D eigenvalue weighted by atomic mass is 35.5. The fraction of sp³-hybridized carbons (Fsp3) is 0.200. The van der Waals surface area contributed by atoms with Crippen LogP contribution in [-0.2, 0) is 19.6 Å². The maximum Gasteiger partial charge on any atom is 0.254 e. The third-order valence-electron chi connectivity index (χ3n) is 5.15. The molecule has 2 aromatic heterocycles. The molecule has 5 rings (SSSR count). The number of aliphatic hydroxyl groups excluding tert-OH is 1. The zero-order valence-corrected chi connectivity index (χ0v) is 15.2. The van der Waals surface area contributed by atoms with Crippen LogP contribution >= 0.6 is 11.6 Å². The summed E-state index contributed by atoms with van der Waals surface area (Å²) in [5.41, 5.74) is 5.46. The van der Waals surface area contributed by atoms with Gasteiger partial charge in [-0.15, -0.1) is 0 Å². The molecule has 0 saturated heterocycles. The minimum Gasteiger partial charge on any atom is -0.388 e. The van der Waals surface area contributed by atoms with E-state index in [1.54, 1.807) is 18.2 Å². The zero-order valence-electron chi connectivity index (χ0n) is 14.4. The largest absolute Gasteiger partial charge is 0.388 e. The number of nitrogens with zero attached hydrogens (tertiary/aromatic N) is 2. The van der Waals surface area contributed by atoms with Crippen LogP contribution in [0.15, 0.2) is 36.4 Å². The first-order chi connectivity index (χ1) is 13.1. The topological polar surface area (TPSA) is 85.0 Å². The van der Waals surface area contributed by atoms with Crippen molar-refractivity contribution in [1.29, 1.82) is 0 Å².